The number of fused-ring (bicyclic) bond motifs is 1. The minimum atomic E-state index is -0.735. The zero-order chi connectivity index (χ0) is 14.0. The third kappa shape index (κ3) is 2.54. The summed E-state index contributed by atoms with van der Waals surface area (Å²) in [4.78, 5) is 25.5. The summed E-state index contributed by atoms with van der Waals surface area (Å²) in [6.45, 7) is 5.58. The predicted octanol–water partition coefficient (Wildman–Crippen LogP) is 1.79. The van der Waals surface area contributed by atoms with Gasteiger partial charge in [-0.3, -0.25) is 14.5 Å². The Morgan fingerprint density at radius 1 is 1.37 bits per heavy atom. The molecule has 0 unspecified atom stereocenters. The Labute approximate surface area is 112 Å². The van der Waals surface area contributed by atoms with Gasteiger partial charge in [-0.1, -0.05) is 12.1 Å². The van der Waals surface area contributed by atoms with Crippen LogP contribution in [-0.2, 0) is 14.3 Å². The number of benzene rings is 1. The van der Waals surface area contributed by atoms with Crippen molar-refractivity contribution >= 4 is 23.3 Å². The van der Waals surface area contributed by atoms with Crippen LogP contribution in [-0.4, -0.2) is 30.6 Å². The van der Waals surface area contributed by atoms with Crippen molar-refractivity contribution in [1.29, 1.82) is 0 Å². The molecule has 0 aromatic heterocycles. The van der Waals surface area contributed by atoms with Gasteiger partial charge in [0.25, 0.3) is 5.91 Å². The highest BCUT2D eigenvalue weighted by Gasteiger charge is 2.39. The maximum atomic E-state index is 12.4. The summed E-state index contributed by atoms with van der Waals surface area (Å²) in [5.74, 6) is -0.539. The molecule has 0 atom stereocenters. The second-order valence-corrected chi connectivity index (χ2v) is 4.96. The molecule has 1 heterocycles. The smallest absolute Gasteiger partial charge is 0.326 e. The normalized spacial score (nSPS) is 16.6. The van der Waals surface area contributed by atoms with Crippen LogP contribution in [0.1, 0.15) is 20.8 Å². The van der Waals surface area contributed by atoms with Gasteiger partial charge < -0.3 is 10.1 Å². The van der Waals surface area contributed by atoms with E-state index in [9.17, 15) is 9.59 Å². The number of esters is 1. The van der Waals surface area contributed by atoms with Crippen molar-refractivity contribution in [3.05, 3.63) is 24.3 Å². The zero-order valence-corrected chi connectivity index (χ0v) is 11.4. The van der Waals surface area contributed by atoms with Gasteiger partial charge in [0.05, 0.1) is 18.0 Å². The summed E-state index contributed by atoms with van der Waals surface area (Å²) in [5.41, 5.74) is 0.817. The molecule has 0 saturated heterocycles. The van der Waals surface area contributed by atoms with Gasteiger partial charge in [-0.05, 0) is 32.9 Å². The first-order valence-corrected chi connectivity index (χ1v) is 6.30. The second kappa shape index (κ2) is 4.91. The number of rotatable bonds is 3. The van der Waals surface area contributed by atoms with Crippen LogP contribution in [0.5, 0.6) is 0 Å². The fourth-order valence-electron chi connectivity index (χ4n) is 2.14. The average molecular weight is 262 g/mol. The highest BCUT2D eigenvalue weighted by atomic mass is 16.5. The molecule has 5 nitrogen and oxygen atoms in total. The summed E-state index contributed by atoms with van der Waals surface area (Å²) < 4.78 is 4.92. The summed E-state index contributed by atoms with van der Waals surface area (Å²) in [6.07, 6.45) is 0. The van der Waals surface area contributed by atoms with Crippen LogP contribution in [0, 0.1) is 0 Å². The topological polar surface area (TPSA) is 58.6 Å². The van der Waals surface area contributed by atoms with E-state index in [1.165, 1.54) is 4.90 Å². The standard InChI is InChI=1S/C14H18N2O3/c1-4-19-12(17)9-16-11-8-6-5-7-10(11)15-14(2,3)13(16)18/h5-8,15H,4,9H2,1-3H3. The SMILES string of the molecule is CCOC(=O)CN1C(=O)C(C)(C)Nc2ccccc21. The molecule has 0 bridgehead atoms. The van der Waals surface area contributed by atoms with Crippen molar-refractivity contribution in [1.82, 2.24) is 0 Å². The van der Waals surface area contributed by atoms with Crippen molar-refractivity contribution in [3.63, 3.8) is 0 Å². The third-order valence-corrected chi connectivity index (χ3v) is 3.01. The second-order valence-electron chi connectivity index (χ2n) is 4.96. The van der Waals surface area contributed by atoms with Crippen molar-refractivity contribution in [2.24, 2.45) is 0 Å². The lowest BCUT2D eigenvalue weighted by Gasteiger charge is -2.39. The molecule has 0 spiro atoms. The molecule has 0 radical (unpaired) electrons. The van der Waals surface area contributed by atoms with E-state index in [0.717, 1.165) is 5.69 Å². The monoisotopic (exact) mass is 262 g/mol. The molecule has 1 amide bonds. The van der Waals surface area contributed by atoms with Gasteiger partial charge in [0, 0.05) is 0 Å². The number of para-hydroxylation sites is 2. The molecule has 0 saturated carbocycles. The number of amides is 1. The molecule has 1 aliphatic rings. The van der Waals surface area contributed by atoms with E-state index in [1.54, 1.807) is 20.8 Å². The highest BCUT2D eigenvalue weighted by molar-refractivity contribution is 6.09. The van der Waals surface area contributed by atoms with E-state index >= 15 is 0 Å². The summed E-state index contributed by atoms with van der Waals surface area (Å²) in [6, 6.07) is 7.43. The Balaban J connectivity index is 2.34. The van der Waals surface area contributed by atoms with E-state index in [1.807, 2.05) is 24.3 Å². The van der Waals surface area contributed by atoms with E-state index in [2.05, 4.69) is 5.32 Å². The Morgan fingerprint density at radius 2 is 2.05 bits per heavy atom. The van der Waals surface area contributed by atoms with Crippen LogP contribution in [0.25, 0.3) is 0 Å². The molecule has 1 aromatic rings. The zero-order valence-electron chi connectivity index (χ0n) is 11.4. The van der Waals surface area contributed by atoms with Crippen molar-refractivity contribution in [2.75, 3.05) is 23.4 Å². The lowest BCUT2D eigenvalue weighted by atomic mass is 9.98. The lowest BCUT2D eigenvalue weighted by molar-refractivity contribution is -0.142. The molecular weight excluding hydrogens is 244 g/mol. The fraction of sp³-hybridized carbons (Fsp3) is 0.429. The number of carbonyl (C=O) groups is 2. The Bertz CT molecular complexity index is 511. The number of hydrogen-bond donors (Lipinski definition) is 1. The number of nitrogens with zero attached hydrogens (tertiary/aromatic N) is 1. The highest BCUT2D eigenvalue weighted by Crippen LogP contribution is 2.34. The number of nitrogens with one attached hydrogen (secondary N) is 1. The number of ether oxygens (including phenoxy) is 1. The van der Waals surface area contributed by atoms with Gasteiger partial charge in [0.1, 0.15) is 12.1 Å². The van der Waals surface area contributed by atoms with Crippen molar-refractivity contribution in [2.45, 2.75) is 26.3 Å². The molecule has 0 fully saturated rings. The maximum absolute atomic E-state index is 12.4. The van der Waals surface area contributed by atoms with Gasteiger partial charge in [0.15, 0.2) is 0 Å². The van der Waals surface area contributed by atoms with E-state index in [-0.39, 0.29) is 12.5 Å². The minimum Gasteiger partial charge on any atom is -0.465 e. The molecule has 5 heteroatoms. The average Bonchev–Trinajstić information content (AvgIpc) is 2.35. The summed E-state index contributed by atoms with van der Waals surface area (Å²) >= 11 is 0. The fourth-order valence-corrected chi connectivity index (χ4v) is 2.14. The van der Waals surface area contributed by atoms with Gasteiger partial charge >= 0.3 is 5.97 Å². The largest absolute Gasteiger partial charge is 0.465 e. The van der Waals surface area contributed by atoms with Crippen LogP contribution >= 0.6 is 0 Å². The quantitative estimate of drug-likeness (QED) is 0.844. The van der Waals surface area contributed by atoms with Crippen LogP contribution in [0.15, 0.2) is 24.3 Å². The van der Waals surface area contributed by atoms with E-state index < -0.39 is 11.5 Å². The first-order chi connectivity index (χ1) is 8.95. The van der Waals surface area contributed by atoms with Crippen LogP contribution in [0.4, 0.5) is 11.4 Å². The number of anilines is 2. The van der Waals surface area contributed by atoms with Gasteiger partial charge in [-0.2, -0.15) is 0 Å². The molecule has 0 aliphatic carbocycles. The Kier molecular flexibility index (Phi) is 3.46. The molecule has 2 rings (SSSR count). The minimum absolute atomic E-state index is 0.0607. The number of hydrogen-bond acceptors (Lipinski definition) is 4. The maximum Gasteiger partial charge on any atom is 0.326 e. The summed E-state index contributed by atoms with van der Waals surface area (Å²) in [5, 5.41) is 3.18. The van der Waals surface area contributed by atoms with Crippen LogP contribution in [0.2, 0.25) is 0 Å². The Hall–Kier alpha value is -2.04. The third-order valence-electron chi connectivity index (χ3n) is 3.01. The number of carbonyl (C=O) groups excluding carboxylic acids is 2. The molecule has 1 N–H and O–H groups in total. The summed E-state index contributed by atoms with van der Waals surface area (Å²) in [7, 11) is 0. The lowest BCUT2D eigenvalue weighted by Crippen LogP contribution is -2.55. The van der Waals surface area contributed by atoms with Gasteiger partial charge in [-0.15, -0.1) is 0 Å². The predicted molar refractivity (Wildman–Crippen MR) is 73.1 cm³/mol. The first-order valence-electron chi connectivity index (χ1n) is 6.30. The van der Waals surface area contributed by atoms with Gasteiger partial charge in [0.2, 0.25) is 0 Å². The first kappa shape index (κ1) is 13.4. The van der Waals surface area contributed by atoms with Crippen LogP contribution in [0.3, 0.4) is 0 Å². The molecule has 1 aliphatic heterocycles. The van der Waals surface area contributed by atoms with E-state index in [4.69, 9.17) is 4.74 Å². The van der Waals surface area contributed by atoms with Crippen LogP contribution < -0.4 is 10.2 Å². The van der Waals surface area contributed by atoms with Crippen molar-refractivity contribution < 1.29 is 14.3 Å². The van der Waals surface area contributed by atoms with Gasteiger partial charge in [-0.25, -0.2) is 0 Å². The molecule has 102 valence electrons. The van der Waals surface area contributed by atoms with E-state index in [0.29, 0.717) is 12.3 Å². The molecule has 1 aromatic carbocycles. The molecule has 19 heavy (non-hydrogen) atoms. The van der Waals surface area contributed by atoms with Crippen molar-refractivity contribution in [3.8, 4) is 0 Å². The Morgan fingerprint density at radius 3 is 2.74 bits per heavy atom. The molecular formula is C14H18N2O3.